The molecule has 0 spiro atoms. The van der Waals surface area contributed by atoms with E-state index >= 15 is 0 Å². The first-order chi connectivity index (χ1) is 8.79. The Kier molecular flexibility index (Phi) is 3.55. The van der Waals surface area contributed by atoms with Crippen LogP contribution in [-0.2, 0) is 6.42 Å². The van der Waals surface area contributed by atoms with Gasteiger partial charge in [0.15, 0.2) is 0 Å². The van der Waals surface area contributed by atoms with Crippen molar-refractivity contribution >= 4 is 5.69 Å². The van der Waals surface area contributed by atoms with Crippen LogP contribution in [0.15, 0.2) is 24.3 Å². The number of nitrogen functional groups attached to an aromatic ring is 1. The summed E-state index contributed by atoms with van der Waals surface area (Å²) in [7, 11) is 0. The molecular weight excluding hydrogens is 220 g/mol. The molecule has 2 fully saturated rings. The Bertz CT molecular complexity index is 363. The Labute approximate surface area is 110 Å². The predicted octanol–water partition coefficient (Wildman–Crippen LogP) is 2.93. The van der Waals surface area contributed by atoms with Crippen LogP contribution in [0.3, 0.4) is 0 Å². The van der Waals surface area contributed by atoms with Gasteiger partial charge >= 0.3 is 0 Å². The van der Waals surface area contributed by atoms with Gasteiger partial charge in [-0.3, -0.25) is 0 Å². The summed E-state index contributed by atoms with van der Waals surface area (Å²) in [6.07, 6.45) is 7.01. The van der Waals surface area contributed by atoms with Gasteiger partial charge in [-0.25, -0.2) is 0 Å². The standard InChI is InChI=1S/C16H24N2/c17-16-7-5-13(6-8-16)9-10-18(11-14-1-2-14)12-15-3-4-15/h5-8,14-15H,1-4,9-12,17H2. The summed E-state index contributed by atoms with van der Waals surface area (Å²) in [5.41, 5.74) is 8.01. The Hall–Kier alpha value is -1.02. The van der Waals surface area contributed by atoms with Gasteiger partial charge < -0.3 is 10.6 Å². The number of nitrogens with two attached hydrogens (primary N) is 1. The van der Waals surface area contributed by atoms with Gasteiger partial charge in [0.1, 0.15) is 0 Å². The highest BCUT2D eigenvalue weighted by molar-refractivity contribution is 5.39. The zero-order chi connectivity index (χ0) is 12.4. The number of benzene rings is 1. The van der Waals surface area contributed by atoms with Crippen LogP contribution in [0, 0.1) is 11.8 Å². The molecule has 2 N–H and O–H groups in total. The highest BCUT2D eigenvalue weighted by Gasteiger charge is 2.28. The minimum absolute atomic E-state index is 0.867. The van der Waals surface area contributed by atoms with Gasteiger partial charge in [0.05, 0.1) is 0 Å². The van der Waals surface area contributed by atoms with Crippen LogP contribution in [0.2, 0.25) is 0 Å². The minimum atomic E-state index is 0.867. The normalized spacial score (nSPS) is 19.4. The number of hydrogen-bond acceptors (Lipinski definition) is 2. The maximum atomic E-state index is 5.72. The van der Waals surface area contributed by atoms with Crippen molar-refractivity contribution < 1.29 is 0 Å². The quantitative estimate of drug-likeness (QED) is 0.747. The molecule has 0 aromatic heterocycles. The molecule has 0 amide bonds. The van der Waals surface area contributed by atoms with Gasteiger partial charge in [0.25, 0.3) is 0 Å². The van der Waals surface area contributed by atoms with E-state index in [2.05, 4.69) is 17.0 Å². The fraction of sp³-hybridized carbons (Fsp3) is 0.625. The largest absolute Gasteiger partial charge is 0.399 e. The maximum absolute atomic E-state index is 5.72. The third-order valence-electron chi connectivity index (χ3n) is 4.12. The molecule has 2 nitrogen and oxygen atoms in total. The zero-order valence-electron chi connectivity index (χ0n) is 11.1. The van der Waals surface area contributed by atoms with Crippen LogP contribution < -0.4 is 5.73 Å². The average Bonchev–Trinajstić information content (AvgIpc) is 3.23. The molecule has 0 unspecified atom stereocenters. The van der Waals surface area contributed by atoms with Gasteiger partial charge in [-0.2, -0.15) is 0 Å². The Morgan fingerprint density at radius 3 is 2.00 bits per heavy atom. The predicted molar refractivity (Wildman–Crippen MR) is 76.4 cm³/mol. The Balaban J connectivity index is 1.49. The molecule has 0 saturated heterocycles. The van der Waals surface area contributed by atoms with Crippen LogP contribution in [-0.4, -0.2) is 24.5 Å². The SMILES string of the molecule is Nc1ccc(CCN(CC2CC2)CC2CC2)cc1. The highest BCUT2D eigenvalue weighted by Crippen LogP contribution is 2.33. The van der Waals surface area contributed by atoms with E-state index in [0.29, 0.717) is 0 Å². The lowest BCUT2D eigenvalue weighted by molar-refractivity contribution is 0.255. The molecule has 18 heavy (non-hydrogen) atoms. The van der Waals surface area contributed by atoms with E-state index in [1.54, 1.807) is 0 Å². The van der Waals surface area contributed by atoms with Crippen molar-refractivity contribution in [1.29, 1.82) is 0 Å². The summed E-state index contributed by atoms with van der Waals surface area (Å²) >= 11 is 0. The van der Waals surface area contributed by atoms with Crippen LogP contribution in [0.4, 0.5) is 5.69 Å². The van der Waals surface area contributed by atoms with Gasteiger partial charge in [-0.1, -0.05) is 12.1 Å². The van der Waals surface area contributed by atoms with Crippen molar-refractivity contribution in [3.05, 3.63) is 29.8 Å². The highest BCUT2D eigenvalue weighted by atomic mass is 15.1. The third kappa shape index (κ3) is 3.74. The Morgan fingerprint density at radius 1 is 0.944 bits per heavy atom. The molecule has 0 heterocycles. The molecule has 0 atom stereocenters. The molecular formula is C16H24N2. The first kappa shape index (κ1) is 12.0. The van der Waals surface area contributed by atoms with Crippen molar-refractivity contribution in [1.82, 2.24) is 4.90 Å². The number of anilines is 1. The van der Waals surface area contributed by atoms with E-state index in [-0.39, 0.29) is 0 Å². The smallest absolute Gasteiger partial charge is 0.0314 e. The Morgan fingerprint density at radius 2 is 1.50 bits per heavy atom. The molecule has 0 radical (unpaired) electrons. The average molecular weight is 244 g/mol. The van der Waals surface area contributed by atoms with Gasteiger partial charge in [-0.05, 0) is 61.6 Å². The molecule has 3 rings (SSSR count). The summed E-state index contributed by atoms with van der Waals surface area (Å²) in [5, 5.41) is 0. The van der Waals surface area contributed by atoms with Gasteiger partial charge in [0, 0.05) is 25.3 Å². The lowest BCUT2D eigenvalue weighted by Gasteiger charge is -2.22. The van der Waals surface area contributed by atoms with Crippen molar-refractivity contribution in [2.24, 2.45) is 11.8 Å². The first-order valence-electron chi connectivity index (χ1n) is 7.36. The number of rotatable bonds is 7. The van der Waals surface area contributed by atoms with Crippen LogP contribution >= 0.6 is 0 Å². The lowest BCUT2D eigenvalue weighted by atomic mass is 10.1. The van der Waals surface area contributed by atoms with Crippen molar-refractivity contribution in [2.75, 3.05) is 25.4 Å². The molecule has 1 aromatic carbocycles. The lowest BCUT2D eigenvalue weighted by Crippen LogP contribution is -2.30. The van der Waals surface area contributed by atoms with Crippen molar-refractivity contribution in [2.45, 2.75) is 32.1 Å². The van der Waals surface area contributed by atoms with E-state index in [9.17, 15) is 0 Å². The van der Waals surface area contributed by atoms with Gasteiger partial charge in [0.2, 0.25) is 0 Å². The third-order valence-corrected chi connectivity index (χ3v) is 4.12. The fourth-order valence-corrected chi connectivity index (χ4v) is 2.56. The van der Waals surface area contributed by atoms with Crippen LogP contribution in [0.25, 0.3) is 0 Å². The molecule has 98 valence electrons. The number of hydrogen-bond donors (Lipinski definition) is 1. The molecule has 0 bridgehead atoms. The van der Waals surface area contributed by atoms with Crippen molar-refractivity contribution in [3.63, 3.8) is 0 Å². The fourth-order valence-electron chi connectivity index (χ4n) is 2.56. The summed E-state index contributed by atoms with van der Waals surface area (Å²) in [5.74, 6) is 2.02. The second-order valence-corrected chi connectivity index (χ2v) is 6.14. The van der Waals surface area contributed by atoms with Crippen molar-refractivity contribution in [3.8, 4) is 0 Å². The van der Waals surface area contributed by atoms with E-state index in [1.165, 1.54) is 57.3 Å². The molecule has 1 aromatic rings. The van der Waals surface area contributed by atoms with E-state index < -0.39 is 0 Å². The maximum Gasteiger partial charge on any atom is 0.0314 e. The number of nitrogens with zero attached hydrogens (tertiary/aromatic N) is 1. The first-order valence-corrected chi connectivity index (χ1v) is 7.36. The van der Waals surface area contributed by atoms with E-state index in [4.69, 9.17) is 5.73 Å². The summed E-state index contributed by atoms with van der Waals surface area (Å²) in [6.45, 7) is 3.90. The molecule has 2 saturated carbocycles. The second kappa shape index (κ2) is 5.31. The molecule has 2 heteroatoms. The summed E-state index contributed by atoms with van der Waals surface area (Å²) < 4.78 is 0. The second-order valence-electron chi connectivity index (χ2n) is 6.14. The summed E-state index contributed by atoms with van der Waals surface area (Å²) in [6, 6.07) is 8.37. The molecule has 2 aliphatic rings. The van der Waals surface area contributed by atoms with E-state index in [0.717, 1.165) is 17.5 Å². The minimum Gasteiger partial charge on any atom is -0.399 e. The molecule has 2 aliphatic carbocycles. The van der Waals surface area contributed by atoms with E-state index in [1.807, 2.05) is 12.1 Å². The van der Waals surface area contributed by atoms with Crippen LogP contribution in [0.1, 0.15) is 31.2 Å². The van der Waals surface area contributed by atoms with Gasteiger partial charge in [-0.15, -0.1) is 0 Å². The monoisotopic (exact) mass is 244 g/mol. The van der Waals surface area contributed by atoms with Crippen LogP contribution in [0.5, 0.6) is 0 Å². The topological polar surface area (TPSA) is 29.3 Å². The zero-order valence-corrected chi connectivity index (χ0v) is 11.1. The molecule has 0 aliphatic heterocycles. The summed E-state index contributed by atoms with van der Waals surface area (Å²) in [4.78, 5) is 2.70.